The van der Waals surface area contributed by atoms with Gasteiger partial charge in [-0.05, 0) is 36.6 Å². The van der Waals surface area contributed by atoms with Crippen LogP contribution in [0.2, 0.25) is 5.02 Å². The van der Waals surface area contributed by atoms with Gasteiger partial charge in [0.1, 0.15) is 18.4 Å². The highest BCUT2D eigenvalue weighted by atomic mass is 35.5. The number of carboxylic acid groups (broad SMARTS) is 1. The number of carboxylic acids is 1. The van der Waals surface area contributed by atoms with Crippen molar-refractivity contribution in [1.82, 2.24) is 10.6 Å². The molecule has 1 aliphatic heterocycles. The monoisotopic (exact) mass is 638 g/mol. The van der Waals surface area contributed by atoms with Gasteiger partial charge in [-0.3, -0.25) is 19.7 Å². The van der Waals surface area contributed by atoms with Gasteiger partial charge in [-0.15, -0.1) is 0 Å². The molecule has 3 atom stereocenters. The number of fused-ring (bicyclic) bond motifs is 1. The molecule has 0 bridgehead atoms. The average molecular weight is 639 g/mol. The Morgan fingerprint density at radius 2 is 1.68 bits per heavy atom. The molecule has 3 N–H and O–H groups in total. The van der Waals surface area contributed by atoms with Gasteiger partial charge in [-0.25, -0.2) is 8.78 Å². The number of aliphatic carboxylic acids is 1. The second-order valence-electron chi connectivity index (χ2n) is 10.9. The summed E-state index contributed by atoms with van der Waals surface area (Å²) in [5.74, 6) is -12.4. The third-order valence-corrected chi connectivity index (χ3v) is 7.76. The Kier molecular flexibility index (Phi) is 10.5. The number of carbonyl (C=O) groups excluding carboxylic acids is 2. The molecule has 3 aromatic carbocycles. The predicted molar refractivity (Wildman–Crippen MR) is 153 cm³/mol. The van der Waals surface area contributed by atoms with E-state index in [2.05, 4.69) is 10.6 Å². The van der Waals surface area contributed by atoms with Crippen LogP contribution in [-0.4, -0.2) is 48.1 Å². The molecule has 3 aromatic rings. The van der Waals surface area contributed by atoms with Gasteiger partial charge in [-0.2, -0.15) is 8.78 Å². The van der Waals surface area contributed by atoms with Gasteiger partial charge in [0, 0.05) is 28.6 Å². The topological polar surface area (TPSA) is 114 Å². The number of ketones is 1. The normalized spacial score (nSPS) is 18.2. The van der Waals surface area contributed by atoms with Crippen LogP contribution in [0.25, 0.3) is 10.8 Å². The number of ether oxygens (including phenoxy) is 2. The maximum Gasteiger partial charge on any atom is 0.305 e. The van der Waals surface area contributed by atoms with Crippen molar-refractivity contribution < 1.29 is 46.5 Å². The summed E-state index contributed by atoms with van der Waals surface area (Å²) in [5.41, 5.74) is -0.394. The highest BCUT2D eigenvalue weighted by Gasteiger charge is 2.42. The number of nitrogens with one attached hydrogen (secondary N) is 2. The molecule has 0 aromatic heterocycles. The fourth-order valence-corrected chi connectivity index (χ4v) is 5.43. The fourth-order valence-electron chi connectivity index (χ4n) is 5.20. The number of halogens is 5. The van der Waals surface area contributed by atoms with Crippen LogP contribution in [0.15, 0.2) is 42.5 Å². The van der Waals surface area contributed by atoms with E-state index in [-0.39, 0.29) is 6.07 Å². The smallest absolute Gasteiger partial charge is 0.305 e. The van der Waals surface area contributed by atoms with E-state index in [4.69, 9.17) is 21.1 Å². The molecule has 0 aliphatic carbocycles. The van der Waals surface area contributed by atoms with Crippen LogP contribution in [0.1, 0.15) is 45.1 Å². The molecule has 0 spiro atoms. The Balaban J connectivity index is 1.60. The third-order valence-electron chi connectivity index (χ3n) is 7.43. The van der Waals surface area contributed by atoms with Gasteiger partial charge >= 0.3 is 5.97 Å². The van der Waals surface area contributed by atoms with Gasteiger partial charge in [0.05, 0.1) is 12.5 Å². The molecule has 4 rings (SSSR count). The van der Waals surface area contributed by atoms with Crippen LogP contribution in [0.3, 0.4) is 0 Å². The molecule has 1 saturated heterocycles. The SMILES string of the molecule is CC(C)[C@H](NC1(c2ccc(Cl)c3ccccc23)CCCCO1)C(=O)N[C@@H](CC(=O)O)C(=O)COc1c(F)c(F)cc(F)c1F. The number of hydrogen-bond acceptors (Lipinski definition) is 6. The largest absolute Gasteiger partial charge is 0.481 e. The fraction of sp³-hybridized carbons (Fsp3) is 0.387. The Morgan fingerprint density at radius 3 is 2.27 bits per heavy atom. The first-order valence-electron chi connectivity index (χ1n) is 13.9. The van der Waals surface area contributed by atoms with E-state index in [1.807, 2.05) is 30.3 Å². The molecular formula is C31H31ClF4N2O6. The summed E-state index contributed by atoms with van der Waals surface area (Å²) in [6, 6.07) is 8.27. The first kappa shape index (κ1) is 33.2. The van der Waals surface area contributed by atoms with Crippen LogP contribution in [-0.2, 0) is 24.8 Å². The van der Waals surface area contributed by atoms with Crippen LogP contribution in [0.4, 0.5) is 17.6 Å². The van der Waals surface area contributed by atoms with Crippen LogP contribution in [0.5, 0.6) is 5.75 Å². The van der Waals surface area contributed by atoms with Gasteiger partial charge in [0.15, 0.2) is 23.2 Å². The quantitative estimate of drug-likeness (QED) is 0.174. The van der Waals surface area contributed by atoms with E-state index in [9.17, 15) is 37.1 Å². The third kappa shape index (κ3) is 7.14. The standard InChI is InChI=1S/C31H31ClF4N2O6/c1-16(2)28(38-31(11-5-6-12-44-31)19-9-10-20(32)18-8-4-3-7-17(18)19)30(42)37-23(14-25(40)41)24(39)15-43-29-26(35)21(33)13-22(34)27(29)36/h3-4,7-10,13,16,23,28,38H,5-6,11-12,14-15H2,1-2H3,(H,37,42)(H,40,41)/t23-,28-,31?/m0/s1. The molecule has 1 aliphatic rings. The Hall–Kier alpha value is -3.74. The summed E-state index contributed by atoms with van der Waals surface area (Å²) in [5, 5.41) is 17.3. The highest BCUT2D eigenvalue weighted by Crippen LogP contribution is 2.39. The molecule has 1 fully saturated rings. The van der Waals surface area contributed by atoms with E-state index in [0.29, 0.717) is 18.1 Å². The van der Waals surface area contributed by atoms with Crippen molar-refractivity contribution in [2.24, 2.45) is 5.92 Å². The predicted octanol–water partition coefficient (Wildman–Crippen LogP) is 5.62. The lowest BCUT2D eigenvalue weighted by Gasteiger charge is -2.42. The zero-order valence-electron chi connectivity index (χ0n) is 23.9. The lowest BCUT2D eigenvalue weighted by Crippen LogP contribution is -2.60. The van der Waals surface area contributed by atoms with E-state index in [1.165, 1.54) is 0 Å². The minimum atomic E-state index is -1.87. The van der Waals surface area contributed by atoms with Gasteiger partial charge in [0.25, 0.3) is 0 Å². The van der Waals surface area contributed by atoms with Crippen LogP contribution < -0.4 is 15.4 Å². The molecule has 0 saturated carbocycles. The van der Waals surface area contributed by atoms with Gasteiger partial charge in [0.2, 0.25) is 17.5 Å². The lowest BCUT2D eigenvalue weighted by atomic mass is 9.88. The van der Waals surface area contributed by atoms with Crippen molar-refractivity contribution in [2.75, 3.05) is 13.2 Å². The van der Waals surface area contributed by atoms with Crippen molar-refractivity contribution in [3.63, 3.8) is 0 Å². The van der Waals surface area contributed by atoms with E-state index < -0.39 is 83.4 Å². The van der Waals surface area contributed by atoms with Gasteiger partial charge < -0.3 is 19.9 Å². The zero-order valence-corrected chi connectivity index (χ0v) is 24.7. The summed E-state index contributed by atoms with van der Waals surface area (Å²) in [4.78, 5) is 38.2. The van der Waals surface area contributed by atoms with Crippen LogP contribution in [0, 0.1) is 29.2 Å². The molecule has 1 heterocycles. The van der Waals surface area contributed by atoms with Gasteiger partial charge in [-0.1, -0.05) is 55.8 Å². The first-order valence-corrected chi connectivity index (χ1v) is 14.3. The number of Topliss-reactive ketones (excluding diaryl/α,β-unsaturated/α-hetero) is 1. The Morgan fingerprint density at radius 1 is 1.02 bits per heavy atom. The summed E-state index contributed by atoms with van der Waals surface area (Å²) >= 11 is 6.45. The van der Waals surface area contributed by atoms with E-state index in [0.717, 1.165) is 29.2 Å². The number of hydrogen-bond donors (Lipinski definition) is 3. The molecular weight excluding hydrogens is 608 g/mol. The molecule has 8 nitrogen and oxygen atoms in total. The molecule has 44 heavy (non-hydrogen) atoms. The Bertz CT molecular complexity index is 1540. The molecule has 13 heteroatoms. The van der Waals surface area contributed by atoms with Crippen molar-refractivity contribution in [1.29, 1.82) is 0 Å². The van der Waals surface area contributed by atoms with Crippen molar-refractivity contribution in [2.45, 2.75) is 57.3 Å². The minimum Gasteiger partial charge on any atom is -0.481 e. The van der Waals surface area contributed by atoms with Crippen molar-refractivity contribution in [3.05, 3.63) is 76.3 Å². The average Bonchev–Trinajstić information content (AvgIpc) is 2.98. The first-order chi connectivity index (χ1) is 20.8. The Labute approximate surface area is 255 Å². The number of amides is 1. The van der Waals surface area contributed by atoms with Crippen molar-refractivity contribution in [3.8, 4) is 5.75 Å². The maximum atomic E-state index is 14.0. The van der Waals surface area contributed by atoms with Crippen LogP contribution >= 0.6 is 11.6 Å². The maximum absolute atomic E-state index is 14.0. The second-order valence-corrected chi connectivity index (χ2v) is 11.3. The second kappa shape index (κ2) is 13.9. The number of benzene rings is 3. The molecule has 0 radical (unpaired) electrons. The molecule has 1 unspecified atom stereocenters. The highest BCUT2D eigenvalue weighted by molar-refractivity contribution is 6.35. The summed E-state index contributed by atoms with van der Waals surface area (Å²) < 4.78 is 66.2. The van der Waals surface area contributed by atoms with Crippen molar-refractivity contribution >= 4 is 40.0 Å². The lowest BCUT2D eigenvalue weighted by molar-refractivity contribution is -0.143. The summed E-state index contributed by atoms with van der Waals surface area (Å²) in [7, 11) is 0. The minimum absolute atomic E-state index is 0.0263. The zero-order chi connectivity index (χ0) is 32.2. The molecule has 1 amide bonds. The number of rotatable bonds is 12. The molecule has 236 valence electrons. The van der Waals surface area contributed by atoms with E-state index in [1.54, 1.807) is 19.9 Å². The summed E-state index contributed by atoms with van der Waals surface area (Å²) in [6.07, 6.45) is 1.15. The van der Waals surface area contributed by atoms with E-state index >= 15 is 0 Å². The number of carbonyl (C=O) groups is 3. The summed E-state index contributed by atoms with van der Waals surface area (Å²) in [6.45, 7) is 2.70.